The number of nitriles is 2. The van der Waals surface area contributed by atoms with Crippen molar-refractivity contribution < 1.29 is 9.18 Å². The van der Waals surface area contributed by atoms with E-state index in [-0.39, 0.29) is 40.6 Å². The molecule has 2 aromatic rings. The van der Waals surface area contributed by atoms with Crippen LogP contribution in [0.15, 0.2) is 18.8 Å². The fraction of sp³-hybridized carbons (Fsp3) is 0.464. The molecular weight excluding hydrogens is 455 g/mol. The van der Waals surface area contributed by atoms with Crippen molar-refractivity contribution in [1.82, 2.24) is 14.9 Å². The maximum atomic E-state index is 15.5. The average molecular weight is 483 g/mol. The van der Waals surface area contributed by atoms with E-state index in [0.29, 0.717) is 42.5 Å². The molecule has 4 fully saturated rings. The minimum absolute atomic E-state index is 0.0667. The van der Waals surface area contributed by atoms with Gasteiger partial charge in [0.25, 0.3) is 0 Å². The lowest BCUT2D eigenvalue weighted by Crippen LogP contribution is -2.57. The van der Waals surface area contributed by atoms with Gasteiger partial charge in [-0.2, -0.15) is 10.5 Å². The molecular formula is C28H27FN6O. The molecule has 0 bridgehead atoms. The number of carbonyl (C=O) groups excluding carboxylic acids is 1. The molecule has 4 aliphatic rings. The van der Waals surface area contributed by atoms with E-state index >= 15 is 4.39 Å². The molecule has 3 heterocycles. The molecule has 3 aliphatic carbocycles. The van der Waals surface area contributed by atoms with Crippen LogP contribution in [0.25, 0.3) is 17.2 Å². The molecule has 2 aromatic heterocycles. The SMILES string of the molecule is C=Cc1ncc(C#N)c(-c2cc(C#N)c(N3CCN(C(=O)C4CC4)C(C4CC4)C3)nc2C2CC2)c1F. The highest BCUT2D eigenvalue weighted by molar-refractivity contribution is 5.82. The molecule has 8 heteroatoms. The van der Waals surface area contributed by atoms with Crippen molar-refractivity contribution in [2.45, 2.75) is 50.5 Å². The summed E-state index contributed by atoms with van der Waals surface area (Å²) in [4.78, 5) is 26.1. The second kappa shape index (κ2) is 8.71. The Morgan fingerprint density at radius 1 is 1.11 bits per heavy atom. The molecule has 6 rings (SSSR count). The van der Waals surface area contributed by atoms with Crippen LogP contribution in [-0.2, 0) is 4.79 Å². The normalized spacial score (nSPS) is 21.6. The van der Waals surface area contributed by atoms with Gasteiger partial charge < -0.3 is 9.80 Å². The first-order chi connectivity index (χ1) is 17.5. The minimum Gasteiger partial charge on any atom is -0.352 e. The topological polar surface area (TPSA) is 96.9 Å². The van der Waals surface area contributed by atoms with Gasteiger partial charge in [0, 0.05) is 48.8 Å². The predicted molar refractivity (Wildman–Crippen MR) is 132 cm³/mol. The molecule has 0 radical (unpaired) electrons. The number of carbonyl (C=O) groups is 1. The Morgan fingerprint density at radius 3 is 2.47 bits per heavy atom. The number of hydrogen-bond donors (Lipinski definition) is 0. The number of rotatable bonds is 6. The Hall–Kier alpha value is -3.78. The van der Waals surface area contributed by atoms with E-state index in [9.17, 15) is 15.3 Å². The van der Waals surface area contributed by atoms with Gasteiger partial charge in [0.1, 0.15) is 18.0 Å². The summed E-state index contributed by atoms with van der Waals surface area (Å²) in [6.45, 7) is 5.53. The molecule has 182 valence electrons. The highest BCUT2D eigenvalue weighted by Gasteiger charge is 2.45. The van der Waals surface area contributed by atoms with Gasteiger partial charge in [-0.25, -0.2) is 9.37 Å². The number of pyridine rings is 2. The molecule has 1 aliphatic heterocycles. The fourth-order valence-corrected chi connectivity index (χ4v) is 5.43. The van der Waals surface area contributed by atoms with Crippen LogP contribution in [0.2, 0.25) is 0 Å². The Kier molecular flexibility index (Phi) is 5.48. The third-order valence-corrected chi connectivity index (χ3v) is 7.84. The van der Waals surface area contributed by atoms with Crippen LogP contribution in [0.4, 0.5) is 10.2 Å². The summed E-state index contributed by atoms with van der Waals surface area (Å²) in [5, 5.41) is 19.8. The van der Waals surface area contributed by atoms with E-state index in [4.69, 9.17) is 4.98 Å². The van der Waals surface area contributed by atoms with Crippen molar-refractivity contribution in [3.63, 3.8) is 0 Å². The van der Waals surface area contributed by atoms with E-state index in [2.05, 4.69) is 27.4 Å². The lowest BCUT2D eigenvalue weighted by molar-refractivity contribution is -0.135. The number of anilines is 1. The summed E-state index contributed by atoms with van der Waals surface area (Å²) in [7, 11) is 0. The first-order valence-corrected chi connectivity index (χ1v) is 12.8. The Morgan fingerprint density at radius 2 is 1.86 bits per heavy atom. The standard InChI is InChI=1S/C28H27FN6O/c1-2-22-25(29)24(20(13-31)14-32-22)21-11-19(12-30)27(33-26(21)17-5-6-17)34-9-10-35(28(36)18-7-8-18)23(15-34)16-3-4-16/h2,11,14,16-18,23H,1,3-10,15H2. The van der Waals surface area contributed by atoms with Crippen molar-refractivity contribution in [1.29, 1.82) is 10.5 Å². The van der Waals surface area contributed by atoms with Crippen molar-refractivity contribution in [2.24, 2.45) is 11.8 Å². The third kappa shape index (κ3) is 3.91. The third-order valence-electron chi connectivity index (χ3n) is 7.84. The fourth-order valence-electron chi connectivity index (χ4n) is 5.43. The van der Waals surface area contributed by atoms with Crippen LogP contribution in [0.1, 0.15) is 67.0 Å². The first kappa shape index (κ1) is 22.7. The lowest BCUT2D eigenvalue weighted by atomic mass is 9.95. The van der Waals surface area contributed by atoms with Gasteiger partial charge in [-0.05, 0) is 56.6 Å². The Bertz CT molecular complexity index is 1350. The summed E-state index contributed by atoms with van der Waals surface area (Å²) in [6, 6.07) is 6.15. The summed E-state index contributed by atoms with van der Waals surface area (Å²) in [5.74, 6) is 1.12. The molecule has 0 spiro atoms. The van der Waals surface area contributed by atoms with Crippen LogP contribution in [0.3, 0.4) is 0 Å². The maximum Gasteiger partial charge on any atom is 0.226 e. The summed E-state index contributed by atoms with van der Waals surface area (Å²) in [5.41, 5.74) is 1.87. The zero-order valence-corrected chi connectivity index (χ0v) is 20.1. The van der Waals surface area contributed by atoms with Crippen LogP contribution >= 0.6 is 0 Å². The zero-order valence-electron chi connectivity index (χ0n) is 20.1. The lowest BCUT2D eigenvalue weighted by Gasteiger charge is -2.43. The largest absolute Gasteiger partial charge is 0.352 e. The molecule has 1 saturated heterocycles. The summed E-state index contributed by atoms with van der Waals surface area (Å²) >= 11 is 0. The van der Waals surface area contributed by atoms with Gasteiger partial charge in [-0.1, -0.05) is 6.58 Å². The van der Waals surface area contributed by atoms with Crippen LogP contribution in [0.5, 0.6) is 0 Å². The van der Waals surface area contributed by atoms with Crippen LogP contribution < -0.4 is 4.90 Å². The average Bonchev–Trinajstić information content (AvgIpc) is 3.75. The molecule has 1 atom stereocenters. The van der Waals surface area contributed by atoms with Crippen LogP contribution in [0, 0.1) is 40.3 Å². The van der Waals surface area contributed by atoms with Gasteiger partial charge in [0.05, 0.1) is 28.6 Å². The molecule has 0 aromatic carbocycles. The van der Waals surface area contributed by atoms with E-state index < -0.39 is 5.82 Å². The maximum absolute atomic E-state index is 15.5. The Labute approximate surface area is 209 Å². The smallest absolute Gasteiger partial charge is 0.226 e. The number of halogens is 1. The summed E-state index contributed by atoms with van der Waals surface area (Å²) in [6.07, 6.45) is 8.78. The monoisotopic (exact) mass is 482 g/mol. The number of amides is 1. The van der Waals surface area contributed by atoms with Crippen LogP contribution in [-0.4, -0.2) is 46.5 Å². The molecule has 1 amide bonds. The zero-order chi connectivity index (χ0) is 25.0. The summed E-state index contributed by atoms with van der Waals surface area (Å²) < 4.78 is 15.5. The van der Waals surface area contributed by atoms with Gasteiger partial charge in [-0.3, -0.25) is 9.78 Å². The Balaban J connectivity index is 1.41. The minimum atomic E-state index is -0.620. The van der Waals surface area contributed by atoms with Gasteiger partial charge in [0.15, 0.2) is 5.82 Å². The van der Waals surface area contributed by atoms with E-state index in [1.165, 1.54) is 12.3 Å². The highest BCUT2D eigenvalue weighted by atomic mass is 19.1. The van der Waals surface area contributed by atoms with E-state index in [1.807, 2.05) is 6.07 Å². The van der Waals surface area contributed by atoms with Crippen molar-refractivity contribution in [3.8, 4) is 23.3 Å². The molecule has 1 unspecified atom stereocenters. The van der Waals surface area contributed by atoms with E-state index in [0.717, 1.165) is 44.2 Å². The molecule has 36 heavy (non-hydrogen) atoms. The van der Waals surface area contributed by atoms with Crippen molar-refractivity contribution in [3.05, 3.63) is 47.2 Å². The van der Waals surface area contributed by atoms with Gasteiger partial charge in [0.2, 0.25) is 5.91 Å². The highest BCUT2D eigenvalue weighted by Crippen LogP contribution is 2.47. The first-order valence-electron chi connectivity index (χ1n) is 12.8. The number of aromatic nitrogens is 2. The van der Waals surface area contributed by atoms with Crippen molar-refractivity contribution >= 4 is 17.8 Å². The molecule has 0 N–H and O–H groups in total. The number of nitrogens with zero attached hydrogens (tertiary/aromatic N) is 6. The van der Waals surface area contributed by atoms with Crippen molar-refractivity contribution in [2.75, 3.05) is 24.5 Å². The number of hydrogen-bond acceptors (Lipinski definition) is 6. The van der Waals surface area contributed by atoms with Gasteiger partial charge in [-0.15, -0.1) is 0 Å². The van der Waals surface area contributed by atoms with Gasteiger partial charge >= 0.3 is 0 Å². The predicted octanol–water partition coefficient (Wildman–Crippen LogP) is 4.38. The second-order valence-electron chi connectivity index (χ2n) is 10.4. The molecule has 3 saturated carbocycles. The number of piperazine rings is 1. The quantitative estimate of drug-likeness (QED) is 0.606. The van der Waals surface area contributed by atoms with E-state index in [1.54, 1.807) is 6.07 Å². The molecule has 7 nitrogen and oxygen atoms in total. The second-order valence-corrected chi connectivity index (χ2v) is 10.4.